The number of nitrogens with zero attached hydrogens (tertiary/aromatic N) is 2. The maximum atomic E-state index is 13.5. The Kier molecular flexibility index (Phi) is 3.87. The van der Waals surface area contributed by atoms with Crippen LogP contribution in [0.2, 0.25) is 5.02 Å². The van der Waals surface area contributed by atoms with E-state index in [2.05, 4.69) is 24.3 Å². The summed E-state index contributed by atoms with van der Waals surface area (Å²) in [6, 6.07) is 6.67. The average molecular weight is 268 g/mol. The van der Waals surface area contributed by atoms with Crippen LogP contribution in [0, 0.1) is 5.82 Å². The maximum absolute atomic E-state index is 13.5. The van der Waals surface area contributed by atoms with Crippen LogP contribution < -0.4 is 5.32 Å². The van der Waals surface area contributed by atoms with Gasteiger partial charge in [0.1, 0.15) is 5.82 Å². The minimum absolute atomic E-state index is 0.317. The fourth-order valence-corrected chi connectivity index (χ4v) is 1.75. The molecule has 0 bridgehead atoms. The monoisotopic (exact) mass is 267 g/mol. The Labute approximate surface area is 111 Å². The molecule has 0 saturated carbocycles. The first-order valence-corrected chi connectivity index (χ1v) is 6.17. The van der Waals surface area contributed by atoms with E-state index in [0.717, 1.165) is 5.69 Å². The molecule has 0 spiro atoms. The Bertz CT molecular complexity index is 537. The predicted octanol–water partition coefficient (Wildman–Crippen LogP) is 3.87. The van der Waals surface area contributed by atoms with Crippen molar-refractivity contribution in [1.82, 2.24) is 9.78 Å². The Balaban J connectivity index is 2.04. The van der Waals surface area contributed by atoms with Crippen LogP contribution in [0.25, 0.3) is 0 Å². The standard InChI is InChI=1S/C13H15ClFN3/c1-9(2)18-6-5-11(17-18)8-16-13-7-10(14)3-4-12(13)15/h3-7,9,16H,8H2,1-2H3. The second-order valence-electron chi connectivity index (χ2n) is 4.36. The number of anilines is 1. The Morgan fingerprint density at radius 2 is 2.17 bits per heavy atom. The van der Waals surface area contributed by atoms with Crippen molar-refractivity contribution in [3.8, 4) is 0 Å². The lowest BCUT2D eigenvalue weighted by Gasteiger charge is -2.07. The number of nitrogens with one attached hydrogen (secondary N) is 1. The van der Waals surface area contributed by atoms with Crippen molar-refractivity contribution in [3.05, 3.63) is 47.0 Å². The van der Waals surface area contributed by atoms with E-state index in [4.69, 9.17) is 11.6 Å². The van der Waals surface area contributed by atoms with E-state index in [-0.39, 0.29) is 5.82 Å². The summed E-state index contributed by atoms with van der Waals surface area (Å²) in [4.78, 5) is 0. The van der Waals surface area contributed by atoms with Crippen LogP contribution in [0.4, 0.5) is 10.1 Å². The molecule has 18 heavy (non-hydrogen) atoms. The third-order valence-corrected chi connectivity index (χ3v) is 2.82. The van der Waals surface area contributed by atoms with Crippen LogP contribution in [0.15, 0.2) is 30.5 Å². The van der Waals surface area contributed by atoms with Gasteiger partial charge >= 0.3 is 0 Å². The summed E-state index contributed by atoms with van der Waals surface area (Å²) >= 11 is 5.82. The fraction of sp³-hybridized carbons (Fsp3) is 0.308. The molecule has 0 aliphatic carbocycles. The van der Waals surface area contributed by atoms with Crippen LogP contribution in [-0.2, 0) is 6.54 Å². The van der Waals surface area contributed by atoms with E-state index in [9.17, 15) is 4.39 Å². The Morgan fingerprint density at radius 3 is 2.83 bits per heavy atom. The highest BCUT2D eigenvalue weighted by Crippen LogP contribution is 2.20. The summed E-state index contributed by atoms with van der Waals surface area (Å²) < 4.78 is 15.3. The van der Waals surface area contributed by atoms with Crippen LogP contribution in [0.3, 0.4) is 0 Å². The van der Waals surface area contributed by atoms with Crippen molar-refractivity contribution in [3.63, 3.8) is 0 Å². The van der Waals surface area contributed by atoms with Crippen LogP contribution in [0.5, 0.6) is 0 Å². The smallest absolute Gasteiger partial charge is 0.146 e. The van der Waals surface area contributed by atoms with Gasteiger partial charge in [0.05, 0.1) is 17.9 Å². The first-order valence-electron chi connectivity index (χ1n) is 5.79. The van der Waals surface area contributed by atoms with Gasteiger partial charge in [-0.1, -0.05) is 11.6 Å². The maximum Gasteiger partial charge on any atom is 0.146 e. The van der Waals surface area contributed by atoms with Crippen molar-refractivity contribution >= 4 is 17.3 Å². The third-order valence-electron chi connectivity index (χ3n) is 2.58. The lowest BCUT2D eigenvalue weighted by Crippen LogP contribution is -2.05. The highest BCUT2D eigenvalue weighted by Gasteiger charge is 2.05. The molecule has 0 atom stereocenters. The molecule has 3 nitrogen and oxygen atoms in total. The van der Waals surface area contributed by atoms with Gasteiger partial charge in [0.2, 0.25) is 0 Å². The first kappa shape index (κ1) is 12.9. The summed E-state index contributed by atoms with van der Waals surface area (Å²) in [7, 11) is 0. The van der Waals surface area contributed by atoms with Gasteiger partial charge in [-0.2, -0.15) is 5.10 Å². The molecule has 1 aromatic carbocycles. The lowest BCUT2D eigenvalue weighted by molar-refractivity contribution is 0.527. The molecular weight excluding hydrogens is 253 g/mol. The molecule has 0 aliphatic heterocycles. The molecule has 1 N–H and O–H groups in total. The number of hydrogen-bond acceptors (Lipinski definition) is 2. The van der Waals surface area contributed by atoms with E-state index in [1.807, 2.05) is 16.9 Å². The Hall–Kier alpha value is -1.55. The van der Waals surface area contributed by atoms with Crippen molar-refractivity contribution in [2.24, 2.45) is 0 Å². The van der Waals surface area contributed by atoms with Crippen LogP contribution >= 0.6 is 11.6 Å². The molecule has 1 heterocycles. The summed E-state index contributed by atoms with van der Waals surface area (Å²) in [5.74, 6) is -0.317. The quantitative estimate of drug-likeness (QED) is 0.911. The van der Waals surface area contributed by atoms with Gasteiger partial charge in [0.25, 0.3) is 0 Å². The van der Waals surface area contributed by atoms with Gasteiger partial charge in [-0.3, -0.25) is 4.68 Å². The van der Waals surface area contributed by atoms with Gasteiger partial charge in [-0.25, -0.2) is 4.39 Å². The number of benzene rings is 1. The second kappa shape index (κ2) is 5.40. The molecular formula is C13H15ClFN3. The molecule has 2 aromatic rings. The molecule has 0 fully saturated rings. The lowest BCUT2D eigenvalue weighted by atomic mass is 10.3. The van der Waals surface area contributed by atoms with E-state index in [0.29, 0.717) is 23.3 Å². The molecule has 1 aromatic heterocycles. The highest BCUT2D eigenvalue weighted by atomic mass is 35.5. The minimum atomic E-state index is -0.317. The number of halogens is 2. The zero-order valence-corrected chi connectivity index (χ0v) is 11.1. The SMILES string of the molecule is CC(C)n1ccc(CNc2cc(Cl)ccc2F)n1. The van der Waals surface area contributed by atoms with Crippen molar-refractivity contribution in [1.29, 1.82) is 0 Å². The van der Waals surface area contributed by atoms with Crippen LogP contribution in [0.1, 0.15) is 25.6 Å². The van der Waals surface area contributed by atoms with Crippen molar-refractivity contribution in [2.75, 3.05) is 5.32 Å². The van der Waals surface area contributed by atoms with Crippen molar-refractivity contribution in [2.45, 2.75) is 26.4 Å². The number of aromatic nitrogens is 2. The van der Waals surface area contributed by atoms with E-state index in [1.165, 1.54) is 12.1 Å². The molecule has 0 saturated heterocycles. The number of rotatable bonds is 4. The average Bonchev–Trinajstić information content (AvgIpc) is 2.79. The summed E-state index contributed by atoms with van der Waals surface area (Å²) in [6.07, 6.45) is 1.91. The molecule has 0 radical (unpaired) electrons. The fourth-order valence-electron chi connectivity index (χ4n) is 1.58. The van der Waals surface area contributed by atoms with Gasteiger partial charge in [-0.05, 0) is 38.1 Å². The van der Waals surface area contributed by atoms with Crippen molar-refractivity contribution < 1.29 is 4.39 Å². The normalized spacial score (nSPS) is 10.9. The van der Waals surface area contributed by atoms with Crippen LogP contribution in [-0.4, -0.2) is 9.78 Å². The zero-order valence-electron chi connectivity index (χ0n) is 10.3. The highest BCUT2D eigenvalue weighted by molar-refractivity contribution is 6.30. The molecule has 0 aliphatic rings. The molecule has 2 rings (SSSR count). The van der Waals surface area contributed by atoms with Gasteiger partial charge in [-0.15, -0.1) is 0 Å². The van der Waals surface area contributed by atoms with E-state index >= 15 is 0 Å². The molecule has 0 unspecified atom stereocenters. The molecule has 0 amide bonds. The van der Waals surface area contributed by atoms with Gasteiger partial charge in [0.15, 0.2) is 0 Å². The summed E-state index contributed by atoms with van der Waals surface area (Å²) in [5.41, 5.74) is 1.25. The Morgan fingerprint density at radius 1 is 1.39 bits per heavy atom. The topological polar surface area (TPSA) is 29.9 Å². The summed E-state index contributed by atoms with van der Waals surface area (Å²) in [5, 5.41) is 7.87. The van der Waals surface area contributed by atoms with Gasteiger partial charge < -0.3 is 5.32 Å². The largest absolute Gasteiger partial charge is 0.377 e. The first-order chi connectivity index (χ1) is 8.56. The zero-order chi connectivity index (χ0) is 13.1. The van der Waals surface area contributed by atoms with E-state index in [1.54, 1.807) is 6.07 Å². The second-order valence-corrected chi connectivity index (χ2v) is 4.79. The molecule has 5 heteroatoms. The number of hydrogen-bond donors (Lipinski definition) is 1. The van der Waals surface area contributed by atoms with Gasteiger partial charge in [0, 0.05) is 17.3 Å². The molecule has 96 valence electrons. The predicted molar refractivity (Wildman–Crippen MR) is 71.3 cm³/mol. The summed E-state index contributed by atoms with van der Waals surface area (Å²) in [6.45, 7) is 4.58. The third kappa shape index (κ3) is 3.01. The minimum Gasteiger partial charge on any atom is -0.377 e. The van der Waals surface area contributed by atoms with E-state index < -0.39 is 0 Å².